The summed E-state index contributed by atoms with van der Waals surface area (Å²) in [5, 5.41) is 9.15. The molecule has 1 N–H and O–H groups in total. The SMILES string of the molecule is O=C(O)C1CCN2C1=CCC2C(=O)c1ccccc1. The van der Waals surface area contributed by atoms with E-state index in [0.717, 1.165) is 5.70 Å². The van der Waals surface area contributed by atoms with Gasteiger partial charge in [-0.2, -0.15) is 0 Å². The van der Waals surface area contributed by atoms with Crippen LogP contribution in [0.3, 0.4) is 0 Å². The molecule has 0 saturated carbocycles. The fraction of sp³-hybridized carbons (Fsp3) is 0.333. The van der Waals surface area contributed by atoms with Gasteiger partial charge in [-0.15, -0.1) is 0 Å². The van der Waals surface area contributed by atoms with E-state index in [2.05, 4.69) is 0 Å². The van der Waals surface area contributed by atoms with Crippen molar-refractivity contribution in [3.63, 3.8) is 0 Å². The van der Waals surface area contributed by atoms with Crippen LogP contribution < -0.4 is 0 Å². The van der Waals surface area contributed by atoms with Gasteiger partial charge in [0, 0.05) is 17.8 Å². The molecule has 98 valence electrons. The molecule has 1 fully saturated rings. The van der Waals surface area contributed by atoms with Crippen LogP contribution >= 0.6 is 0 Å². The maximum Gasteiger partial charge on any atom is 0.312 e. The zero-order valence-electron chi connectivity index (χ0n) is 10.5. The molecule has 1 aromatic carbocycles. The van der Waals surface area contributed by atoms with Crippen LogP contribution in [0.5, 0.6) is 0 Å². The van der Waals surface area contributed by atoms with E-state index in [9.17, 15) is 9.59 Å². The summed E-state index contributed by atoms with van der Waals surface area (Å²) in [5.74, 6) is -1.15. The molecule has 3 rings (SSSR count). The normalized spacial score (nSPS) is 25.1. The Hall–Kier alpha value is -2.10. The summed E-state index contributed by atoms with van der Waals surface area (Å²) in [4.78, 5) is 25.5. The molecule has 2 aliphatic rings. The van der Waals surface area contributed by atoms with Crippen LogP contribution in [0.1, 0.15) is 23.2 Å². The maximum absolute atomic E-state index is 12.4. The van der Waals surface area contributed by atoms with Crippen LogP contribution in [0.25, 0.3) is 0 Å². The summed E-state index contributed by atoms with van der Waals surface area (Å²) in [7, 11) is 0. The molecule has 1 aromatic rings. The number of Topliss-reactive ketones (excluding diaryl/α,β-unsaturated/α-hetero) is 1. The fourth-order valence-electron chi connectivity index (χ4n) is 2.99. The first-order chi connectivity index (χ1) is 9.18. The van der Waals surface area contributed by atoms with Gasteiger partial charge in [-0.1, -0.05) is 36.4 Å². The van der Waals surface area contributed by atoms with Crippen molar-refractivity contribution in [2.45, 2.75) is 18.9 Å². The molecule has 4 heteroatoms. The monoisotopic (exact) mass is 257 g/mol. The first-order valence-electron chi connectivity index (χ1n) is 6.47. The molecular weight excluding hydrogens is 242 g/mol. The molecule has 19 heavy (non-hydrogen) atoms. The molecule has 0 amide bonds. The highest BCUT2D eigenvalue weighted by molar-refractivity contribution is 6.00. The molecule has 1 saturated heterocycles. The van der Waals surface area contributed by atoms with Crippen molar-refractivity contribution in [2.24, 2.45) is 5.92 Å². The highest BCUT2D eigenvalue weighted by Crippen LogP contribution is 2.37. The maximum atomic E-state index is 12.4. The molecule has 4 nitrogen and oxygen atoms in total. The third-order valence-corrected chi connectivity index (χ3v) is 3.93. The number of carbonyl (C=O) groups is 2. The van der Waals surface area contributed by atoms with E-state index in [4.69, 9.17) is 5.11 Å². The van der Waals surface area contributed by atoms with Gasteiger partial charge in [0.2, 0.25) is 0 Å². The quantitative estimate of drug-likeness (QED) is 0.841. The highest BCUT2D eigenvalue weighted by Gasteiger charge is 2.42. The number of hydrogen-bond donors (Lipinski definition) is 1. The third kappa shape index (κ3) is 1.93. The summed E-state index contributed by atoms with van der Waals surface area (Å²) >= 11 is 0. The number of carbonyl (C=O) groups excluding carboxylic acids is 1. The van der Waals surface area contributed by atoms with Crippen molar-refractivity contribution in [2.75, 3.05) is 6.54 Å². The number of ketones is 1. The van der Waals surface area contributed by atoms with Gasteiger partial charge in [-0.25, -0.2) is 0 Å². The number of nitrogens with zero attached hydrogens (tertiary/aromatic N) is 1. The summed E-state index contributed by atoms with van der Waals surface area (Å²) in [6.45, 7) is 0.659. The van der Waals surface area contributed by atoms with Crippen LogP contribution in [0.2, 0.25) is 0 Å². The second-order valence-corrected chi connectivity index (χ2v) is 4.98. The van der Waals surface area contributed by atoms with E-state index in [1.165, 1.54) is 0 Å². The minimum absolute atomic E-state index is 0.0814. The first kappa shape index (κ1) is 12.0. The summed E-state index contributed by atoms with van der Waals surface area (Å²) < 4.78 is 0. The standard InChI is InChI=1S/C15H15NO3/c17-14(10-4-2-1-3-5-10)13-7-6-12-11(15(18)19)8-9-16(12)13/h1-6,11,13H,7-9H2,(H,18,19). The minimum Gasteiger partial charge on any atom is -0.481 e. The van der Waals surface area contributed by atoms with Crippen molar-refractivity contribution in [3.8, 4) is 0 Å². The lowest BCUT2D eigenvalue weighted by Crippen LogP contribution is -2.35. The predicted octanol–water partition coefficient (Wildman–Crippen LogP) is 1.93. The molecular formula is C15H15NO3. The number of fused-ring (bicyclic) bond motifs is 1. The van der Waals surface area contributed by atoms with Crippen molar-refractivity contribution in [1.29, 1.82) is 0 Å². The molecule has 0 bridgehead atoms. The lowest BCUT2D eigenvalue weighted by atomic mass is 10.0. The minimum atomic E-state index is -0.790. The fourth-order valence-corrected chi connectivity index (χ4v) is 2.99. The van der Waals surface area contributed by atoms with Crippen LogP contribution in [0.15, 0.2) is 42.1 Å². The van der Waals surface area contributed by atoms with Crippen LogP contribution in [0, 0.1) is 5.92 Å². The van der Waals surface area contributed by atoms with Crippen molar-refractivity contribution < 1.29 is 14.7 Å². The second kappa shape index (κ2) is 4.53. The Morgan fingerprint density at radius 2 is 1.95 bits per heavy atom. The van der Waals surface area contributed by atoms with Gasteiger partial charge in [0.05, 0.1) is 12.0 Å². The topological polar surface area (TPSA) is 57.6 Å². The number of rotatable bonds is 3. The van der Waals surface area contributed by atoms with E-state index in [0.29, 0.717) is 24.9 Å². The van der Waals surface area contributed by atoms with E-state index < -0.39 is 11.9 Å². The van der Waals surface area contributed by atoms with Crippen molar-refractivity contribution in [1.82, 2.24) is 4.90 Å². The average Bonchev–Trinajstić information content (AvgIpc) is 2.99. The molecule has 2 aliphatic heterocycles. The molecule has 0 aromatic heterocycles. The summed E-state index contributed by atoms with van der Waals surface area (Å²) in [6, 6.07) is 8.98. The summed E-state index contributed by atoms with van der Waals surface area (Å²) in [6.07, 6.45) is 3.13. The van der Waals surface area contributed by atoms with Gasteiger partial charge in [0.15, 0.2) is 5.78 Å². The molecule has 2 unspecified atom stereocenters. The van der Waals surface area contributed by atoms with Crippen LogP contribution in [-0.4, -0.2) is 34.3 Å². The van der Waals surface area contributed by atoms with Gasteiger partial charge in [0.1, 0.15) is 0 Å². The van der Waals surface area contributed by atoms with E-state index in [1.807, 2.05) is 41.3 Å². The number of hydrogen-bond acceptors (Lipinski definition) is 3. The van der Waals surface area contributed by atoms with E-state index in [1.54, 1.807) is 0 Å². The predicted molar refractivity (Wildman–Crippen MR) is 69.7 cm³/mol. The second-order valence-electron chi connectivity index (χ2n) is 4.98. The van der Waals surface area contributed by atoms with Gasteiger partial charge in [0.25, 0.3) is 0 Å². The lowest BCUT2D eigenvalue weighted by Gasteiger charge is -2.23. The average molecular weight is 257 g/mol. The molecule has 0 radical (unpaired) electrons. The van der Waals surface area contributed by atoms with E-state index >= 15 is 0 Å². The van der Waals surface area contributed by atoms with Gasteiger partial charge in [-0.3, -0.25) is 9.59 Å². The number of carboxylic acids is 1. The molecule has 0 spiro atoms. The Morgan fingerprint density at radius 1 is 1.21 bits per heavy atom. The largest absolute Gasteiger partial charge is 0.481 e. The Morgan fingerprint density at radius 3 is 2.63 bits per heavy atom. The van der Waals surface area contributed by atoms with Crippen LogP contribution in [0.4, 0.5) is 0 Å². The van der Waals surface area contributed by atoms with Crippen molar-refractivity contribution in [3.05, 3.63) is 47.7 Å². The van der Waals surface area contributed by atoms with E-state index in [-0.39, 0.29) is 11.8 Å². The van der Waals surface area contributed by atoms with Gasteiger partial charge in [-0.05, 0) is 12.8 Å². The number of carboxylic acid groups (broad SMARTS) is 1. The summed E-state index contributed by atoms with van der Waals surface area (Å²) in [5.41, 5.74) is 1.52. The first-order valence-corrected chi connectivity index (χ1v) is 6.47. The third-order valence-electron chi connectivity index (χ3n) is 3.93. The van der Waals surface area contributed by atoms with Gasteiger partial charge >= 0.3 is 5.97 Å². The Bertz CT molecular complexity index is 550. The zero-order valence-corrected chi connectivity index (χ0v) is 10.5. The van der Waals surface area contributed by atoms with Gasteiger partial charge < -0.3 is 10.0 Å². The molecule has 0 aliphatic carbocycles. The van der Waals surface area contributed by atoms with Crippen molar-refractivity contribution >= 4 is 11.8 Å². The Labute approximate surface area is 111 Å². The number of aliphatic carboxylic acids is 1. The number of benzene rings is 1. The Balaban J connectivity index is 1.80. The lowest BCUT2D eigenvalue weighted by molar-refractivity contribution is -0.140. The zero-order chi connectivity index (χ0) is 13.4. The molecule has 2 atom stereocenters. The molecule has 2 heterocycles. The smallest absolute Gasteiger partial charge is 0.312 e. The Kier molecular flexibility index (Phi) is 2.85. The highest BCUT2D eigenvalue weighted by atomic mass is 16.4. The van der Waals surface area contributed by atoms with Crippen LogP contribution in [-0.2, 0) is 4.79 Å².